The summed E-state index contributed by atoms with van der Waals surface area (Å²) < 4.78 is 5.61. The molecule has 0 aliphatic carbocycles. The lowest BCUT2D eigenvalue weighted by atomic mass is 9.84. The van der Waals surface area contributed by atoms with Gasteiger partial charge in [0, 0.05) is 30.2 Å². The predicted octanol–water partition coefficient (Wildman–Crippen LogP) is 7.22. The standard InChI is InChI=1S/C36H41N3O2/c1-2-32(27-11-5-3-6-12-27)38-36(40)34-30-15-9-10-16-33(30)37-35(28-13-7-4-8-14-28)31(34)25-26-17-21-39(22-18-26)29-19-23-41-24-20-29/h3-16,26,29,32H,2,17-25H2,1H3,(H,38,40)/t32-/m0/s1. The van der Waals surface area contributed by atoms with Gasteiger partial charge in [-0.25, -0.2) is 4.98 Å². The summed E-state index contributed by atoms with van der Waals surface area (Å²) >= 11 is 0. The number of para-hydroxylation sites is 1. The second kappa shape index (κ2) is 13.0. The van der Waals surface area contributed by atoms with Crippen molar-refractivity contribution in [1.82, 2.24) is 15.2 Å². The fourth-order valence-electron chi connectivity index (χ4n) is 6.74. The van der Waals surface area contributed by atoms with E-state index in [2.05, 4.69) is 59.6 Å². The lowest BCUT2D eigenvalue weighted by Crippen LogP contribution is -2.44. The van der Waals surface area contributed by atoms with E-state index in [1.54, 1.807) is 0 Å². The summed E-state index contributed by atoms with van der Waals surface area (Å²) in [6.45, 7) is 6.13. The van der Waals surface area contributed by atoms with Gasteiger partial charge in [0.25, 0.3) is 5.91 Å². The summed E-state index contributed by atoms with van der Waals surface area (Å²) in [5.74, 6) is 0.505. The summed E-state index contributed by atoms with van der Waals surface area (Å²) in [6.07, 6.45) is 6.24. The maximum absolute atomic E-state index is 14.3. The molecule has 4 aromatic rings. The van der Waals surface area contributed by atoms with Gasteiger partial charge in [0.05, 0.1) is 22.8 Å². The van der Waals surface area contributed by atoms with Gasteiger partial charge in [-0.3, -0.25) is 4.79 Å². The van der Waals surface area contributed by atoms with Gasteiger partial charge >= 0.3 is 0 Å². The Morgan fingerprint density at radius 3 is 2.27 bits per heavy atom. The van der Waals surface area contributed by atoms with Gasteiger partial charge in [0.1, 0.15) is 0 Å². The fraction of sp³-hybridized carbons (Fsp3) is 0.389. The highest BCUT2D eigenvalue weighted by molar-refractivity contribution is 6.09. The minimum Gasteiger partial charge on any atom is -0.381 e. The van der Waals surface area contributed by atoms with Crippen LogP contribution in [0.4, 0.5) is 0 Å². The second-order valence-electron chi connectivity index (χ2n) is 11.6. The van der Waals surface area contributed by atoms with Crippen LogP contribution in [-0.4, -0.2) is 48.1 Å². The second-order valence-corrected chi connectivity index (χ2v) is 11.6. The molecule has 2 saturated heterocycles. The monoisotopic (exact) mass is 547 g/mol. The Kier molecular flexibility index (Phi) is 8.74. The lowest BCUT2D eigenvalue weighted by Gasteiger charge is -2.39. The summed E-state index contributed by atoms with van der Waals surface area (Å²) in [7, 11) is 0. The first-order chi connectivity index (χ1) is 20.2. The zero-order valence-electron chi connectivity index (χ0n) is 24.1. The fourth-order valence-corrected chi connectivity index (χ4v) is 6.74. The molecule has 1 aromatic heterocycles. The highest BCUT2D eigenvalue weighted by Crippen LogP contribution is 2.35. The molecule has 3 aromatic carbocycles. The molecular weight excluding hydrogens is 506 g/mol. The number of hydrogen-bond acceptors (Lipinski definition) is 4. The minimum atomic E-state index is -0.0497. The largest absolute Gasteiger partial charge is 0.381 e. The number of aromatic nitrogens is 1. The number of amides is 1. The molecule has 5 nitrogen and oxygen atoms in total. The van der Waals surface area contributed by atoms with Gasteiger partial charge in [0.15, 0.2) is 0 Å². The third-order valence-corrected chi connectivity index (χ3v) is 9.03. The molecule has 1 atom stereocenters. The molecule has 0 bridgehead atoms. The van der Waals surface area contributed by atoms with E-state index in [9.17, 15) is 4.79 Å². The smallest absolute Gasteiger partial charge is 0.252 e. The molecule has 0 saturated carbocycles. The molecule has 0 radical (unpaired) electrons. The predicted molar refractivity (Wildman–Crippen MR) is 166 cm³/mol. The quantitative estimate of drug-likeness (QED) is 0.253. The van der Waals surface area contributed by atoms with Crippen LogP contribution in [-0.2, 0) is 11.2 Å². The first kappa shape index (κ1) is 27.6. The third-order valence-electron chi connectivity index (χ3n) is 9.03. The van der Waals surface area contributed by atoms with Crippen LogP contribution in [0.5, 0.6) is 0 Å². The number of carbonyl (C=O) groups is 1. The van der Waals surface area contributed by atoms with Crippen molar-refractivity contribution in [2.75, 3.05) is 26.3 Å². The average molecular weight is 548 g/mol. The zero-order chi connectivity index (χ0) is 28.0. The Morgan fingerprint density at radius 1 is 0.902 bits per heavy atom. The van der Waals surface area contributed by atoms with Crippen LogP contribution in [0, 0.1) is 5.92 Å². The van der Waals surface area contributed by atoms with Gasteiger partial charge in [-0.15, -0.1) is 0 Å². The molecule has 41 heavy (non-hydrogen) atoms. The van der Waals surface area contributed by atoms with Gasteiger partial charge in [-0.1, -0.05) is 85.8 Å². The first-order valence-electron chi connectivity index (χ1n) is 15.4. The van der Waals surface area contributed by atoms with Gasteiger partial charge in [-0.2, -0.15) is 0 Å². The minimum absolute atomic E-state index is 0.00822. The molecule has 0 spiro atoms. The zero-order valence-corrected chi connectivity index (χ0v) is 24.1. The summed E-state index contributed by atoms with van der Waals surface area (Å²) in [5.41, 5.74) is 5.87. The number of ether oxygens (including phenoxy) is 1. The van der Waals surface area contributed by atoms with Crippen molar-refractivity contribution in [2.45, 2.75) is 57.5 Å². The third kappa shape index (κ3) is 6.22. The van der Waals surface area contributed by atoms with E-state index in [-0.39, 0.29) is 11.9 Å². The van der Waals surface area contributed by atoms with Crippen LogP contribution in [0.2, 0.25) is 0 Å². The van der Waals surface area contributed by atoms with Crippen molar-refractivity contribution in [1.29, 1.82) is 0 Å². The van der Waals surface area contributed by atoms with Gasteiger partial charge in [0.2, 0.25) is 0 Å². The summed E-state index contributed by atoms with van der Waals surface area (Å²) in [4.78, 5) is 22.2. The summed E-state index contributed by atoms with van der Waals surface area (Å²) in [5, 5.41) is 4.34. The highest BCUT2D eigenvalue weighted by Gasteiger charge is 2.30. The highest BCUT2D eigenvalue weighted by atomic mass is 16.5. The Labute approximate surface area is 243 Å². The van der Waals surface area contributed by atoms with Crippen LogP contribution in [0.25, 0.3) is 22.2 Å². The van der Waals surface area contributed by atoms with Crippen molar-refractivity contribution in [3.05, 3.63) is 102 Å². The van der Waals surface area contributed by atoms with E-state index in [0.29, 0.717) is 12.0 Å². The number of hydrogen-bond donors (Lipinski definition) is 1. The first-order valence-corrected chi connectivity index (χ1v) is 15.4. The molecule has 212 valence electrons. The number of benzene rings is 3. The number of likely N-dealkylation sites (tertiary alicyclic amines) is 1. The molecular formula is C36H41N3O2. The van der Waals surface area contributed by atoms with Crippen LogP contribution >= 0.6 is 0 Å². The number of rotatable bonds is 8. The van der Waals surface area contributed by atoms with E-state index >= 15 is 0 Å². The van der Waals surface area contributed by atoms with E-state index in [1.165, 1.54) is 0 Å². The number of nitrogens with one attached hydrogen (secondary N) is 1. The summed E-state index contributed by atoms with van der Waals surface area (Å²) in [6, 6.07) is 29.4. The molecule has 5 heteroatoms. The van der Waals surface area contributed by atoms with Crippen molar-refractivity contribution in [3.8, 4) is 11.3 Å². The Bertz CT molecular complexity index is 1440. The van der Waals surface area contributed by atoms with Crippen LogP contribution in [0.3, 0.4) is 0 Å². The van der Waals surface area contributed by atoms with Crippen molar-refractivity contribution >= 4 is 16.8 Å². The van der Waals surface area contributed by atoms with Crippen molar-refractivity contribution in [3.63, 3.8) is 0 Å². The average Bonchev–Trinajstić information content (AvgIpc) is 3.04. The number of carbonyl (C=O) groups excluding carboxylic acids is 1. The molecule has 3 heterocycles. The number of piperidine rings is 1. The van der Waals surface area contributed by atoms with Gasteiger partial charge in [-0.05, 0) is 74.7 Å². The van der Waals surface area contributed by atoms with Crippen LogP contribution in [0.1, 0.15) is 66.6 Å². The topological polar surface area (TPSA) is 54.5 Å². The van der Waals surface area contributed by atoms with E-state index in [4.69, 9.17) is 9.72 Å². The molecule has 0 unspecified atom stereocenters. The molecule has 6 rings (SSSR count). The number of fused-ring (bicyclic) bond motifs is 1. The molecule has 1 amide bonds. The van der Waals surface area contributed by atoms with E-state index in [1.807, 2.05) is 42.5 Å². The SMILES string of the molecule is CC[C@H](NC(=O)c1c(CC2CCN(C3CCOCC3)CC2)c(-c2ccccc2)nc2ccccc12)c1ccccc1. The molecule has 2 aliphatic rings. The van der Waals surface area contributed by atoms with E-state index in [0.717, 1.165) is 104 Å². The van der Waals surface area contributed by atoms with Crippen LogP contribution < -0.4 is 5.32 Å². The Hall–Kier alpha value is -3.54. The Morgan fingerprint density at radius 2 is 1.56 bits per heavy atom. The van der Waals surface area contributed by atoms with E-state index < -0.39 is 0 Å². The maximum atomic E-state index is 14.3. The van der Waals surface area contributed by atoms with Crippen molar-refractivity contribution < 1.29 is 9.53 Å². The number of pyridine rings is 1. The normalized spacial score (nSPS) is 17.9. The van der Waals surface area contributed by atoms with Crippen molar-refractivity contribution in [2.24, 2.45) is 5.92 Å². The molecule has 1 N–H and O–H groups in total. The van der Waals surface area contributed by atoms with Crippen LogP contribution in [0.15, 0.2) is 84.9 Å². The molecule has 2 fully saturated rings. The maximum Gasteiger partial charge on any atom is 0.252 e. The van der Waals surface area contributed by atoms with Gasteiger partial charge < -0.3 is 15.0 Å². The number of nitrogens with zero attached hydrogens (tertiary/aromatic N) is 2. The lowest BCUT2D eigenvalue weighted by molar-refractivity contribution is 0.0211. The Balaban J connectivity index is 1.37. The molecule has 2 aliphatic heterocycles.